The number of benzene rings is 2. The minimum Gasteiger partial charge on any atom is -0.453 e. The Hall–Kier alpha value is -4.22. The van der Waals surface area contributed by atoms with Gasteiger partial charge in [0.2, 0.25) is 0 Å². The van der Waals surface area contributed by atoms with Crippen molar-refractivity contribution in [2.24, 2.45) is 5.41 Å². The van der Waals surface area contributed by atoms with Crippen molar-refractivity contribution in [2.45, 2.75) is 71.4 Å². The molecule has 1 amide bonds. The van der Waals surface area contributed by atoms with Crippen LogP contribution in [0.15, 0.2) is 41.5 Å². The summed E-state index contributed by atoms with van der Waals surface area (Å²) in [6, 6.07) is 8.44. The van der Waals surface area contributed by atoms with Crippen molar-refractivity contribution in [2.75, 3.05) is 31.4 Å². The van der Waals surface area contributed by atoms with Crippen LogP contribution in [-0.2, 0) is 14.9 Å². The molecule has 246 valence electrons. The Morgan fingerprint density at radius 3 is 2.59 bits per heavy atom. The molecule has 1 atom stereocenters. The van der Waals surface area contributed by atoms with E-state index in [1.165, 1.54) is 19.2 Å². The van der Waals surface area contributed by atoms with Gasteiger partial charge in [-0.2, -0.15) is 18.0 Å². The zero-order chi connectivity index (χ0) is 33.4. The summed E-state index contributed by atoms with van der Waals surface area (Å²) in [5, 5.41) is 10.1. The molecule has 1 saturated heterocycles. The Morgan fingerprint density at radius 2 is 1.93 bits per heavy atom. The van der Waals surface area contributed by atoms with Crippen LogP contribution in [0.1, 0.15) is 71.4 Å². The number of likely N-dealkylation sites (tertiary alicyclic amines) is 1. The van der Waals surface area contributed by atoms with Gasteiger partial charge in [0.15, 0.2) is 11.6 Å². The monoisotopic (exact) mass is 654 g/mol. The fourth-order valence-corrected chi connectivity index (χ4v) is 7.10. The van der Waals surface area contributed by atoms with E-state index in [0.29, 0.717) is 18.6 Å². The average molecular weight is 655 g/mol. The topological polar surface area (TPSA) is 147 Å². The van der Waals surface area contributed by atoms with E-state index in [2.05, 4.69) is 9.71 Å². The second-order valence-electron chi connectivity index (χ2n) is 13.0. The van der Waals surface area contributed by atoms with E-state index in [9.17, 15) is 27.7 Å². The summed E-state index contributed by atoms with van der Waals surface area (Å²) in [6.45, 7) is 8.58. The predicted octanol–water partition coefficient (Wildman–Crippen LogP) is 5.55. The second kappa shape index (κ2) is 12.5. The summed E-state index contributed by atoms with van der Waals surface area (Å²) in [7, 11) is -2.62. The van der Waals surface area contributed by atoms with Crippen LogP contribution in [-0.4, -0.2) is 65.6 Å². The number of hydrogen-bond acceptors (Lipinski definition) is 8. The molecule has 5 rings (SSSR count). The third-order valence-electron chi connectivity index (χ3n) is 8.84. The highest BCUT2D eigenvalue weighted by atomic mass is 32.2. The van der Waals surface area contributed by atoms with Crippen LogP contribution >= 0.6 is 0 Å². The third-order valence-corrected chi connectivity index (χ3v) is 10.4. The van der Waals surface area contributed by atoms with Crippen molar-refractivity contribution in [3.63, 3.8) is 0 Å². The van der Waals surface area contributed by atoms with Gasteiger partial charge in [0.1, 0.15) is 23.0 Å². The number of hydrogen-bond donors (Lipinski definition) is 1. The quantitative estimate of drug-likeness (QED) is 0.349. The molecule has 2 aliphatic rings. The molecule has 2 heterocycles. The van der Waals surface area contributed by atoms with Crippen molar-refractivity contribution in [1.82, 2.24) is 18.8 Å². The maximum absolute atomic E-state index is 15.0. The fraction of sp³-hybridized carbons (Fsp3) is 0.500. The van der Waals surface area contributed by atoms with Crippen molar-refractivity contribution in [1.29, 1.82) is 5.26 Å². The largest absolute Gasteiger partial charge is 0.453 e. The van der Waals surface area contributed by atoms with Gasteiger partial charge in [-0.3, -0.25) is 14.1 Å². The number of nitriles is 1. The third kappa shape index (κ3) is 6.80. The number of nitrogens with one attached hydrogen (secondary N) is 1. The summed E-state index contributed by atoms with van der Waals surface area (Å²) in [5.41, 5.74) is -0.860. The molecule has 1 aromatic heterocycles. The summed E-state index contributed by atoms with van der Waals surface area (Å²) < 4.78 is 56.4. The van der Waals surface area contributed by atoms with Crippen molar-refractivity contribution < 1.29 is 27.1 Å². The number of ether oxygens (including phenoxy) is 2. The van der Waals surface area contributed by atoms with E-state index in [0.717, 1.165) is 48.5 Å². The molecule has 1 aliphatic heterocycles. The van der Waals surface area contributed by atoms with Gasteiger partial charge in [-0.25, -0.2) is 14.2 Å². The molecule has 2 fully saturated rings. The number of halogens is 1. The summed E-state index contributed by atoms with van der Waals surface area (Å²) in [6.07, 6.45) is 5.41. The first-order chi connectivity index (χ1) is 21.6. The Balaban J connectivity index is 1.36. The Kier molecular flexibility index (Phi) is 9.03. The molecule has 0 bridgehead atoms. The number of carbonyl (C=O) groups is 1. The standard InChI is InChI=1S/C32H39FN6O6S/c1-6-37(5)46(42,43)36-27-10-8-25(33)28(24(27)19-34)44-22-7-9-26-23(17-22)29(40)39(20-35-26)21-11-12-32(18-21)13-15-38(16-14-32)30(41)45-31(2,3)4/h7-10,17,20-21,36H,6,11-16,18H2,1-5H3/t21-/m0/s1. The zero-order valence-corrected chi connectivity index (χ0v) is 27.5. The molecule has 0 radical (unpaired) electrons. The molecular weight excluding hydrogens is 615 g/mol. The molecular formula is C32H39FN6O6S. The molecule has 0 unspecified atom stereocenters. The molecule has 14 heteroatoms. The molecule has 1 spiro atoms. The van der Waals surface area contributed by atoms with Crippen LogP contribution in [0.4, 0.5) is 14.9 Å². The van der Waals surface area contributed by atoms with Gasteiger partial charge in [0, 0.05) is 32.7 Å². The molecule has 12 nitrogen and oxygen atoms in total. The number of carbonyl (C=O) groups excluding carboxylic acids is 1. The number of anilines is 1. The summed E-state index contributed by atoms with van der Waals surface area (Å²) >= 11 is 0. The highest BCUT2D eigenvalue weighted by Crippen LogP contribution is 2.50. The summed E-state index contributed by atoms with van der Waals surface area (Å²) in [5.74, 6) is -1.26. The molecule has 3 aromatic rings. The van der Waals surface area contributed by atoms with Gasteiger partial charge in [-0.15, -0.1) is 0 Å². The van der Waals surface area contributed by atoms with E-state index in [1.54, 1.807) is 28.8 Å². The maximum atomic E-state index is 15.0. The first kappa shape index (κ1) is 33.2. The fourth-order valence-electron chi connectivity index (χ4n) is 6.15. The smallest absolute Gasteiger partial charge is 0.410 e. The molecule has 1 saturated carbocycles. The Morgan fingerprint density at radius 1 is 1.22 bits per heavy atom. The minimum atomic E-state index is -3.99. The van der Waals surface area contributed by atoms with Crippen LogP contribution in [0.5, 0.6) is 11.5 Å². The van der Waals surface area contributed by atoms with Crippen LogP contribution in [0.25, 0.3) is 10.9 Å². The van der Waals surface area contributed by atoms with Gasteiger partial charge in [-0.1, -0.05) is 6.92 Å². The lowest BCUT2D eigenvalue weighted by Crippen LogP contribution is -2.44. The number of aromatic nitrogens is 2. The normalized spacial score (nSPS) is 18.1. The second-order valence-corrected chi connectivity index (χ2v) is 14.8. The zero-order valence-electron chi connectivity index (χ0n) is 26.7. The van der Waals surface area contributed by atoms with E-state index < -0.39 is 27.4 Å². The lowest BCUT2D eigenvalue weighted by Gasteiger charge is -2.40. The number of nitrogens with zero attached hydrogens (tertiary/aromatic N) is 5. The predicted molar refractivity (Wildman–Crippen MR) is 170 cm³/mol. The van der Waals surface area contributed by atoms with Gasteiger partial charge < -0.3 is 14.4 Å². The number of rotatable bonds is 7. The molecule has 46 heavy (non-hydrogen) atoms. The lowest BCUT2D eigenvalue weighted by molar-refractivity contribution is 0.0103. The molecule has 1 N–H and O–H groups in total. The first-order valence-electron chi connectivity index (χ1n) is 15.3. The van der Waals surface area contributed by atoms with Gasteiger partial charge in [-0.05, 0) is 88.6 Å². The van der Waals surface area contributed by atoms with Crippen LogP contribution in [0, 0.1) is 22.6 Å². The van der Waals surface area contributed by atoms with Crippen molar-refractivity contribution in [3.05, 3.63) is 58.4 Å². The highest BCUT2D eigenvalue weighted by Gasteiger charge is 2.43. The van der Waals surface area contributed by atoms with Gasteiger partial charge in [0.05, 0.1) is 22.9 Å². The highest BCUT2D eigenvalue weighted by molar-refractivity contribution is 7.90. The van der Waals surface area contributed by atoms with E-state index in [1.807, 2.05) is 26.8 Å². The molecule has 1 aliphatic carbocycles. The Labute approximate surface area is 267 Å². The summed E-state index contributed by atoms with van der Waals surface area (Å²) in [4.78, 5) is 32.6. The number of amides is 1. The van der Waals surface area contributed by atoms with E-state index >= 15 is 0 Å². The van der Waals surface area contributed by atoms with Crippen LogP contribution < -0.4 is 15.0 Å². The number of piperidine rings is 1. The maximum Gasteiger partial charge on any atom is 0.410 e. The lowest BCUT2D eigenvalue weighted by atomic mass is 9.77. The van der Waals surface area contributed by atoms with Crippen LogP contribution in [0.2, 0.25) is 0 Å². The average Bonchev–Trinajstić information content (AvgIpc) is 3.41. The SMILES string of the molecule is CCN(C)S(=O)(=O)Nc1ccc(F)c(Oc2ccc3ncn([C@H]4CCC5(CCN(C(=O)OC(C)(C)C)CC5)C4)c(=O)c3c2)c1C#N. The van der Waals surface area contributed by atoms with Gasteiger partial charge in [0.25, 0.3) is 5.56 Å². The van der Waals surface area contributed by atoms with E-state index in [4.69, 9.17) is 9.47 Å². The van der Waals surface area contributed by atoms with Crippen molar-refractivity contribution >= 4 is 32.9 Å². The van der Waals surface area contributed by atoms with Crippen molar-refractivity contribution in [3.8, 4) is 17.6 Å². The van der Waals surface area contributed by atoms with E-state index in [-0.39, 0.29) is 52.0 Å². The Bertz CT molecular complexity index is 1860. The molecule has 2 aromatic carbocycles. The number of fused-ring (bicyclic) bond motifs is 1. The van der Waals surface area contributed by atoms with Crippen LogP contribution in [0.3, 0.4) is 0 Å². The van der Waals surface area contributed by atoms with Gasteiger partial charge >= 0.3 is 16.3 Å². The minimum absolute atomic E-state index is 0.0201. The first-order valence-corrected chi connectivity index (χ1v) is 16.7.